The molecule has 0 aliphatic carbocycles. The second-order valence-corrected chi connectivity index (χ2v) is 8.83. The first-order valence-corrected chi connectivity index (χ1v) is 10.2. The Bertz CT molecular complexity index is 695. The second kappa shape index (κ2) is 8.39. The lowest BCUT2D eigenvalue weighted by molar-refractivity contribution is -0.141. The maximum Gasteiger partial charge on any atom is 0.227 e. The summed E-state index contributed by atoms with van der Waals surface area (Å²) in [5.41, 5.74) is 7.23. The molecule has 7 nitrogen and oxygen atoms in total. The lowest BCUT2D eigenvalue weighted by atomic mass is 9.92. The summed E-state index contributed by atoms with van der Waals surface area (Å²) < 4.78 is 0. The van der Waals surface area contributed by atoms with E-state index in [1.165, 1.54) is 5.69 Å². The molecule has 2 saturated heterocycles. The molecule has 0 bridgehead atoms. The lowest BCUT2D eigenvalue weighted by Crippen LogP contribution is -2.54. The molecule has 0 aromatic heterocycles. The Labute approximate surface area is 167 Å². The van der Waals surface area contributed by atoms with E-state index >= 15 is 0 Å². The third-order valence-corrected chi connectivity index (χ3v) is 5.86. The molecule has 7 heteroatoms. The molecule has 2 aliphatic heterocycles. The molecular weight excluding hydrogens is 354 g/mol. The first kappa shape index (κ1) is 20.5. The van der Waals surface area contributed by atoms with Crippen LogP contribution in [-0.4, -0.2) is 72.1 Å². The summed E-state index contributed by atoms with van der Waals surface area (Å²) in [5, 5.41) is 11.8. The number of carbonyl (C=O) groups excluding carboxylic acids is 1. The quantitative estimate of drug-likeness (QED) is 0.358. The molecule has 3 N–H and O–H groups in total. The number of benzene rings is 1. The van der Waals surface area contributed by atoms with E-state index in [9.17, 15) is 4.79 Å². The van der Waals surface area contributed by atoms with Crippen molar-refractivity contribution in [1.29, 1.82) is 0 Å². The molecule has 154 valence electrons. The van der Waals surface area contributed by atoms with Gasteiger partial charge in [-0.1, -0.05) is 25.9 Å². The van der Waals surface area contributed by atoms with Gasteiger partial charge in [0.2, 0.25) is 5.91 Å². The van der Waals surface area contributed by atoms with E-state index in [2.05, 4.69) is 15.0 Å². The van der Waals surface area contributed by atoms with E-state index in [0.717, 1.165) is 57.7 Å². The number of piperidine rings is 1. The highest BCUT2D eigenvalue weighted by atomic mass is 16.4. The van der Waals surface area contributed by atoms with Gasteiger partial charge in [0.05, 0.1) is 0 Å². The molecule has 0 unspecified atom stereocenters. The van der Waals surface area contributed by atoms with Gasteiger partial charge in [-0.05, 0) is 37.1 Å². The van der Waals surface area contributed by atoms with Crippen molar-refractivity contribution in [3.05, 3.63) is 29.8 Å². The molecule has 1 aromatic rings. The minimum Gasteiger partial charge on any atom is -0.409 e. The molecule has 0 saturated carbocycles. The number of nitrogens with zero attached hydrogens (tertiary/aromatic N) is 4. The molecule has 1 amide bonds. The van der Waals surface area contributed by atoms with Crippen LogP contribution in [-0.2, 0) is 4.79 Å². The molecule has 0 radical (unpaired) electrons. The molecule has 1 aromatic carbocycles. The van der Waals surface area contributed by atoms with Crippen molar-refractivity contribution in [3.63, 3.8) is 0 Å². The minimum absolute atomic E-state index is 0.132. The number of nitrogens with two attached hydrogens (primary N) is 1. The summed E-state index contributed by atoms with van der Waals surface area (Å²) in [5.74, 6) is 0.402. The van der Waals surface area contributed by atoms with Crippen molar-refractivity contribution in [2.24, 2.45) is 16.3 Å². The number of amidine groups is 1. The van der Waals surface area contributed by atoms with Crippen molar-refractivity contribution in [2.45, 2.75) is 39.7 Å². The Balaban J connectivity index is 1.49. The highest BCUT2D eigenvalue weighted by molar-refractivity contribution is 5.97. The predicted octanol–water partition coefficient (Wildman–Crippen LogP) is 1.94. The van der Waals surface area contributed by atoms with Gasteiger partial charge in [0.1, 0.15) is 0 Å². The fourth-order valence-electron chi connectivity index (χ4n) is 4.15. The van der Waals surface area contributed by atoms with Gasteiger partial charge >= 0.3 is 0 Å². The first-order chi connectivity index (χ1) is 13.3. The second-order valence-electron chi connectivity index (χ2n) is 8.83. The van der Waals surface area contributed by atoms with E-state index in [0.29, 0.717) is 6.04 Å². The van der Waals surface area contributed by atoms with Crippen LogP contribution in [0.2, 0.25) is 0 Å². The van der Waals surface area contributed by atoms with Crippen molar-refractivity contribution in [3.8, 4) is 0 Å². The number of oxime groups is 1. The third-order valence-electron chi connectivity index (χ3n) is 5.86. The Kier molecular flexibility index (Phi) is 6.13. The van der Waals surface area contributed by atoms with Crippen LogP contribution in [0.1, 0.15) is 39.2 Å². The van der Waals surface area contributed by atoms with Crippen LogP contribution in [0.15, 0.2) is 29.4 Å². The van der Waals surface area contributed by atoms with Crippen molar-refractivity contribution >= 4 is 17.4 Å². The van der Waals surface area contributed by atoms with Crippen molar-refractivity contribution in [1.82, 2.24) is 9.80 Å². The average Bonchev–Trinajstić information content (AvgIpc) is 2.72. The number of anilines is 1. The lowest BCUT2D eigenvalue weighted by Gasteiger charge is -2.44. The summed E-state index contributed by atoms with van der Waals surface area (Å²) in [6.07, 6.45) is 2.13. The van der Waals surface area contributed by atoms with Crippen LogP contribution in [0.25, 0.3) is 0 Å². The predicted molar refractivity (Wildman–Crippen MR) is 112 cm³/mol. The summed E-state index contributed by atoms with van der Waals surface area (Å²) in [6, 6.07) is 8.41. The molecular formula is C21H33N5O2. The molecule has 2 heterocycles. The molecule has 3 rings (SSSR count). The van der Waals surface area contributed by atoms with Crippen LogP contribution in [0, 0.1) is 5.41 Å². The monoisotopic (exact) mass is 387 g/mol. The largest absolute Gasteiger partial charge is 0.409 e. The minimum atomic E-state index is -0.290. The highest BCUT2D eigenvalue weighted by Crippen LogP contribution is 2.25. The van der Waals surface area contributed by atoms with Gasteiger partial charge in [-0.2, -0.15) is 0 Å². The summed E-state index contributed by atoms with van der Waals surface area (Å²) in [7, 11) is 0. The molecule has 0 atom stereocenters. The number of carbonyl (C=O) groups is 1. The van der Waals surface area contributed by atoms with Gasteiger partial charge in [-0.15, -0.1) is 0 Å². The molecule has 0 spiro atoms. The fourth-order valence-corrected chi connectivity index (χ4v) is 4.15. The number of hydrogen-bond acceptors (Lipinski definition) is 5. The van der Waals surface area contributed by atoms with Gasteiger partial charge in [0.15, 0.2) is 5.84 Å². The normalized spacial score (nSPS) is 20.5. The SMILES string of the molecule is CC(C)(C)C(=O)N1CCC(N2CCN(c3ccc(C(N)=NO)cc3)CC2)CC1. The van der Waals surface area contributed by atoms with Gasteiger partial charge in [-0.3, -0.25) is 9.69 Å². The van der Waals surface area contributed by atoms with E-state index in [4.69, 9.17) is 10.9 Å². The van der Waals surface area contributed by atoms with Gasteiger partial charge in [-0.25, -0.2) is 0 Å². The number of rotatable bonds is 3. The van der Waals surface area contributed by atoms with Gasteiger partial charge in [0, 0.05) is 62.0 Å². The number of amides is 1. The van der Waals surface area contributed by atoms with Gasteiger partial charge in [0.25, 0.3) is 0 Å². The number of hydrogen-bond donors (Lipinski definition) is 2. The zero-order valence-electron chi connectivity index (χ0n) is 17.3. The zero-order valence-corrected chi connectivity index (χ0v) is 17.3. The van der Waals surface area contributed by atoms with Crippen LogP contribution < -0.4 is 10.6 Å². The summed E-state index contributed by atoms with van der Waals surface area (Å²) in [4.78, 5) is 19.5. The summed E-state index contributed by atoms with van der Waals surface area (Å²) in [6.45, 7) is 11.8. The number of likely N-dealkylation sites (tertiary alicyclic amines) is 1. The fraction of sp³-hybridized carbons (Fsp3) is 0.619. The Hall–Kier alpha value is -2.28. The number of piperazine rings is 1. The van der Waals surface area contributed by atoms with E-state index in [-0.39, 0.29) is 17.2 Å². The smallest absolute Gasteiger partial charge is 0.227 e. The van der Waals surface area contributed by atoms with Crippen molar-refractivity contribution in [2.75, 3.05) is 44.2 Å². The average molecular weight is 388 g/mol. The van der Waals surface area contributed by atoms with Crippen LogP contribution in [0.4, 0.5) is 5.69 Å². The van der Waals surface area contributed by atoms with Gasteiger partial charge < -0.3 is 20.7 Å². The standard InChI is InChI=1S/C21H33N5O2/c1-21(2,3)20(27)26-10-8-18(9-11-26)25-14-12-24(13-15-25)17-6-4-16(5-7-17)19(22)23-28/h4-7,18,28H,8-15H2,1-3H3,(H2,22,23). The summed E-state index contributed by atoms with van der Waals surface area (Å²) >= 11 is 0. The Morgan fingerprint density at radius 2 is 1.61 bits per heavy atom. The Morgan fingerprint density at radius 3 is 2.11 bits per heavy atom. The van der Waals surface area contributed by atoms with Crippen molar-refractivity contribution < 1.29 is 10.0 Å². The van der Waals surface area contributed by atoms with E-state index in [1.807, 2.05) is 49.9 Å². The highest BCUT2D eigenvalue weighted by Gasteiger charge is 2.32. The first-order valence-electron chi connectivity index (χ1n) is 10.2. The molecule has 2 aliphatic rings. The topological polar surface area (TPSA) is 85.4 Å². The zero-order chi connectivity index (χ0) is 20.3. The van der Waals surface area contributed by atoms with Crippen LogP contribution in [0.3, 0.4) is 0 Å². The maximum atomic E-state index is 12.5. The van der Waals surface area contributed by atoms with E-state index in [1.54, 1.807) is 0 Å². The Morgan fingerprint density at radius 1 is 1.04 bits per heavy atom. The van der Waals surface area contributed by atoms with E-state index < -0.39 is 0 Å². The van der Waals surface area contributed by atoms with Crippen LogP contribution >= 0.6 is 0 Å². The molecule has 2 fully saturated rings. The maximum absolute atomic E-state index is 12.5. The third kappa shape index (κ3) is 4.58. The van der Waals surface area contributed by atoms with Crippen LogP contribution in [0.5, 0.6) is 0 Å². The molecule has 28 heavy (non-hydrogen) atoms.